The van der Waals surface area contributed by atoms with Gasteiger partial charge in [0.05, 0.1) is 12.7 Å². The first-order valence-electron chi connectivity index (χ1n) is 10.5. The largest absolute Gasteiger partial charge is 0.441 e. The molecule has 1 aromatic carbocycles. The molecule has 0 unspecified atom stereocenters. The monoisotopic (exact) mass is 416 g/mol. The van der Waals surface area contributed by atoms with Crippen molar-refractivity contribution in [2.45, 2.75) is 89.8 Å². The molecule has 1 saturated carbocycles. The number of esters is 1. The van der Waals surface area contributed by atoms with Crippen LogP contribution >= 0.6 is 0 Å². The molecule has 0 radical (unpaired) electrons. The molecule has 4 nitrogen and oxygen atoms in total. The molecule has 0 spiro atoms. The fourth-order valence-electron chi connectivity index (χ4n) is 3.35. The van der Waals surface area contributed by atoms with E-state index >= 15 is 0 Å². The van der Waals surface area contributed by atoms with Gasteiger partial charge in [-0.3, -0.25) is 0 Å². The van der Waals surface area contributed by atoms with Gasteiger partial charge >= 0.3 is 5.97 Å². The number of hydrogen-bond donors (Lipinski definition) is 0. The van der Waals surface area contributed by atoms with Crippen molar-refractivity contribution in [1.82, 2.24) is 0 Å². The Morgan fingerprint density at radius 2 is 1.90 bits per heavy atom. The zero-order valence-corrected chi connectivity index (χ0v) is 19.8. The van der Waals surface area contributed by atoms with Crippen molar-refractivity contribution in [3.8, 4) is 11.8 Å². The molecular weight excluding hydrogens is 380 g/mol. The molecule has 2 atom stereocenters. The molecule has 0 N–H and O–H groups in total. The fraction of sp³-hybridized carbons (Fsp3) is 0.625. The summed E-state index contributed by atoms with van der Waals surface area (Å²) in [6.45, 7) is 13.2. The lowest BCUT2D eigenvalue weighted by atomic mass is 9.82. The number of hydrogen-bond acceptors (Lipinski definition) is 4. The highest BCUT2D eigenvalue weighted by molar-refractivity contribution is 6.74. The SMILES string of the molecule is CC#C[C@@]1(OC(=O)COCc2ccccc2)CCCC[C@H]1O[Si](C)(C)C(C)(C)C. The highest BCUT2D eigenvalue weighted by Gasteiger charge is 2.49. The van der Waals surface area contributed by atoms with Gasteiger partial charge < -0.3 is 13.9 Å². The minimum absolute atomic E-state index is 0.0820. The Hall–Kier alpha value is -1.61. The highest BCUT2D eigenvalue weighted by atomic mass is 28.4. The van der Waals surface area contributed by atoms with E-state index in [1.54, 1.807) is 6.92 Å². The maximum Gasteiger partial charge on any atom is 0.333 e. The molecule has 0 amide bonds. The average Bonchev–Trinajstić information content (AvgIpc) is 2.64. The van der Waals surface area contributed by atoms with Crippen LogP contribution in [0.25, 0.3) is 0 Å². The normalized spacial score (nSPS) is 22.5. The van der Waals surface area contributed by atoms with Gasteiger partial charge in [0.25, 0.3) is 0 Å². The zero-order chi connectivity index (χ0) is 21.5. The highest BCUT2D eigenvalue weighted by Crippen LogP contribution is 2.42. The molecule has 0 heterocycles. The van der Waals surface area contributed by atoms with E-state index in [0.717, 1.165) is 24.8 Å². The second-order valence-corrected chi connectivity index (χ2v) is 14.1. The van der Waals surface area contributed by atoms with Crippen LogP contribution in [0.1, 0.15) is 58.9 Å². The average molecular weight is 417 g/mol. The van der Waals surface area contributed by atoms with E-state index in [4.69, 9.17) is 13.9 Å². The maximum absolute atomic E-state index is 12.6. The van der Waals surface area contributed by atoms with E-state index in [-0.39, 0.29) is 23.7 Å². The molecule has 160 valence electrons. The van der Waals surface area contributed by atoms with E-state index in [1.807, 2.05) is 30.3 Å². The number of carbonyl (C=O) groups is 1. The Kier molecular flexibility index (Phi) is 8.10. The minimum Gasteiger partial charge on any atom is -0.441 e. The Bertz CT molecular complexity index is 727. The third-order valence-electron chi connectivity index (χ3n) is 5.99. The molecule has 1 fully saturated rings. The van der Waals surface area contributed by atoms with Crippen LogP contribution in [-0.4, -0.2) is 32.6 Å². The molecule has 0 aromatic heterocycles. The number of carbonyl (C=O) groups excluding carboxylic acids is 1. The van der Waals surface area contributed by atoms with Crippen LogP contribution in [0.2, 0.25) is 18.1 Å². The van der Waals surface area contributed by atoms with Crippen molar-refractivity contribution in [3.05, 3.63) is 35.9 Å². The summed E-state index contributed by atoms with van der Waals surface area (Å²) in [5, 5.41) is 0.0820. The summed E-state index contributed by atoms with van der Waals surface area (Å²) >= 11 is 0. The summed E-state index contributed by atoms with van der Waals surface area (Å²) in [5.41, 5.74) is 0.149. The van der Waals surface area contributed by atoms with Crippen molar-refractivity contribution in [2.75, 3.05) is 6.61 Å². The lowest BCUT2D eigenvalue weighted by Gasteiger charge is -2.46. The molecule has 29 heavy (non-hydrogen) atoms. The zero-order valence-electron chi connectivity index (χ0n) is 18.8. The van der Waals surface area contributed by atoms with Crippen LogP contribution in [0.3, 0.4) is 0 Å². The van der Waals surface area contributed by atoms with Crippen LogP contribution in [0.4, 0.5) is 0 Å². The minimum atomic E-state index is -2.02. The fourth-order valence-corrected chi connectivity index (χ4v) is 4.73. The molecule has 1 aliphatic rings. The van der Waals surface area contributed by atoms with Gasteiger partial charge in [-0.25, -0.2) is 4.79 Å². The van der Waals surface area contributed by atoms with Crippen LogP contribution in [0.5, 0.6) is 0 Å². The second-order valence-electron chi connectivity index (χ2n) is 9.33. The Morgan fingerprint density at radius 1 is 1.21 bits per heavy atom. The van der Waals surface area contributed by atoms with E-state index in [2.05, 4.69) is 45.7 Å². The van der Waals surface area contributed by atoms with Gasteiger partial charge in [-0.1, -0.05) is 63.4 Å². The molecule has 0 bridgehead atoms. The Balaban J connectivity index is 2.08. The van der Waals surface area contributed by atoms with Gasteiger partial charge in [0.1, 0.15) is 6.61 Å². The number of rotatable bonds is 7. The number of ether oxygens (including phenoxy) is 2. The second kappa shape index (κ2) is 9.93. The Labute approximate surface area is 177 Å². The molecule has 2 rings (SSSR count). The van der Waals surface area contributed by atoms with Gasteiger partial charge in [0.15, 0.2) is 13.9 Å². The summed E-state index contributed by atoms with van der Waals surface area (Å²) < 4.78 is 18.3. The van der Waals surface area contributed by atoms with Crippen molar-refractivity contribution in [2.24, 2.45) is 0 Å². The van der Waals surface area contributed by atoms with E-state index in [0.29, 0.717) is 13.0 Å². The van der Waals surface area contributed by atoms with Crippen LogP contribution in [0, 0.1) is 11.8 Å². The molecule has 1 aromatic rings. The molecule has 0 aliphatic heterocycles. The van der Waals surface area contributed by atoms with Gasteiger partial charge in [0.2, 0.25) is 0 Å². The third kappa shape index (κ3) is 6.43. The standard InChI is InChI=1S/C24H36O4Si/c1-7-16-24(27-22(25)19-26-18-20-13-9-8-10-14-20)17-12-11-15-21(24)28-29(5,6)23(2,3)4/h8-10,13-14,21H,11-12,15,17-19H2,1-6H3/t21-,24-/m1/s1. The lowest BCUT2D eigenvalue weighted by molar-refractivity contribution is -0.172. The molecule has 5 heteroatoms. The van der Waals surface area contributed by atoms with Crippen molar-refractivity contribution >= 4 is 14.3 Å². The summed E-state index contributed by atoms with van der Waals surface area (Å²) in [4.78, 5) is 12.6. The summed E-state index contributed by atoms with van der Waals surface area (Å²) in [6.07, 6.45) is 3.41. The van der Waals surface area contributed by atoms with Crippen molar-refractivity contribution in [1.29, 1.82) is 0 Å². The van der Waals surface area contributed by atoms with Crippen molar-refractivity contribution < 1.29 is 18.7 Å². The third-order valence-corrected chi connectivity index (χ3v) is 10.5. The first-order chi connectivity index (χ1) is 13.6. The quantitative estimate of drug-likeness (QED) is 0.336. The molecule has 1 aliphatic carbocycles. The van der Waals surface area contributed by atoms with Gasteiger partial charge in [0, 0.05) is 6.42 Å². The Morgan fingerprint density at radius 3 is 2.52 bits per heavy atom. The van der Waals surface area contributed by atoms with Crippen LogP contribution in [-0.2, 0) is 25.3 Å². The predicted octanol–water partition coefficient (Wildman–Crippen LogP) is 5.47. The topological polar surface area (TPSA) is 44.8 Å². The smallest absolute Gasteiger partial charge is 0.333 e. The predicted molar refractivity (Wildman–Crippen MR) is 119 cm³/mol. The molecule has 0 saturated heterocycles. The van der Waals surface area contributed by atoms with Crippen LogP contribution < -0.4 is 0 Å². The first kappa shape index (κ1) is 23.7. The summed E-state index contributed by atoms with van der Waals surface area (Å²) in [5.74, 6) is 5.82. The van der Waals surface area contributed by atoms with E-state index in [1.165, 1.54) is 0 Å². The van der Waals surface area contributed by atoms with Gasteiger partial charge in [-0.05, 0) is 43.5 Å². The first-order valence-corrected chi connectivity index (χ1v) is 13.5. The molecular formula is C24H36O4Si. The van der Waals surface area contributed by atoms with Gasteiger partial charge in [-0.15, -0.1) is 5.92 Å². The van der Waals surface area contributed by atoms with Crippen molar-refractivity contribution in [3.63, 3.8) is 0 Å². The number of benzene rings is 1. The summed E-state index contributed by atoms with van der Waals surface area (Å²) in [6, 6.07) is 9.80. The lowest BCUT2D eigenvalue weighted by Crippen LogP contribution is -2.55. The van der Waals surface area contributed by atoms with Gasteiger partial charge in [-0.2, -0.15) is 0 Å². The van der Waals surface area contributed by atoms with Crippen LogP contribution in [0.15, 0.2) is 30.3 Å². The van der Waals surface area contributed by atoms with E-state index in [9.17, 15) is 4.79 Å². The van der Waals surface area contributed by atoms with E-state index < -0.39 is 13.9 Å². The maximum atomic E-state index is 12.6. The summed E-state index contributed by atoms with van der Waals surface area (Å²) in [7, 11) is -2.02.